The Bertz CT molecular complexity index is 421. The Hall–Kier alpha value is -0.410. The lowest BCUT2D eigenvalue weighted by Crippen LogP contribution is -2.24. The summed E-state index contributed by atoms with van der Waals surface area (Å²) in [6.07, 6.45) is 12.2. The van der Waals surface area contributed by atoms with Crippen molar-refractivity contribution in [3.8, 4) is 0 Å². The number of nitrogens with one attached hydrogen (secondary N) is 1. The van der Waals surface area contributed by atoms with Crippen LogP contribution in [0.25, 0.3) is 0 Å². The molecule has 20 heavy (non-hydrogen) atoms. The Morgan fingerprint density at radius 2 is 2.00 bits per heavy atom. The van der Waals surface area contributed by atoms with Gasteiger partial charge in [0.15, 0.2) is 0 Å². The second-order valence-corrected chi connectivity index (χ2v) is 7.60. The van der Waals surface area contributed by atoms with Crippen LogP contribution in [0.2, 0.25) is 0 Å². The fourth-order valence-electron chi connectivity index (χ4n) is 3.70. The van der Waals surface area contributed by atoms with E-state index in [1.165, 1.54) is 68.5 Å². The first-order chi connectivity index (χ1) is 9.88. The molecule has 0 amide bonds. The van der Waals surface area contributed by atoms with Gasteiger partial charge < -0.3 is 5.32 Å². The molecule has 1 aromatic rings. The molecular formula is C17H28N2S. The molecule has 2 nitrogen and oxygen atoms in total. The van der Waals surface area contributed by atoms with Crippen molar-refractivity contribution in [3.63, 3.8) is 0 Å². The van der Waals surface area contributed by atoms with Crippen molar-refractivity contribution in [3.05, 3.63) is 15.6 Å². The summed E-state index contributed by atoms with van der Waals surface area (Å²) in [4.78, 5) is 6.72. The highest BCUT2D eigenvalue weighted by molar-refractivity contribution is 7.11. The summed E-state index contributed by atoms with van der Waals surface area (Å²) in [5, 5.41) is 5.07. The van der Waals surface area contributed by atoms with E-state index in [9.17, 15) is 0 Å². The van der Waals surface area contributed by atoms with Gasteiger partial charge in [-0.05, 0) is 45.1 Å². The smallest absolute Gasteiger partial charge is 0.0962 e. The fourth-order valence-corrected chi connectivity index (χ4v) is 5.06. The fraction of sp³-hybridized carbons (Fsp3) is 0.824. The third-order valence-corrected chi connectivity index (χ3v) is 6.15. The first-order valence-electron chi connectivity index (χ1n) is 8.58. The standard InChI is InChI=1S/C17H28N2S/c1-2-11-18-12-14-9-6-10-15-16(14)19-17(20-15)13-7-4-3-5-8-13/h13-14,18H,2-12H2,1H3. The molecule has 2 aliphatic carbocycles. The summed E-state index contributed by atoms with van der Waals surface area (Å²) in [5.41, 5.74) is 1.46. The van der Waals surface area contributed by atoms with Gasteiger partial charge in [-0.2, -0.15) is 0 Å². The SMILES string of the molecule is CCCNCC1CCCc2sc(C3CCCCC3)nc21. The largest absolute Gasteiger partial charge is 0.316 e. The van der Waals surface area contributed by atoms with Crippen molar-refractivity contribution in [2.45, 2.75) is 76.5 Å². The number of nitrogens with zero attached hydrogens (tertiary/aromatic N) is 1. The van der Waals surface area contributed by atoms with Gasteiger partial charge in [-0.15, -0.1) is 11.3 Å². The molecule has 3 heteroatoms. The predicted octanol–water partition coefficient (Wildman–Crippen LogP) is 4.61. The van der Waals surface area contributed by atoms with Gasteiger partial charge in [0, 0.05) is 23.3 Å². The Kier molecular flexibility index (Phi) is 5.11. The maximum Gasteiger partial charge on any atom is 0.0962 e. The summed E-state index contributed by atoms with van der Waals surface area (Å²) in [5.74, 6) is 1.46. The maximum atomic E-state index is 5.11. The Morgan fingerprint density at radius 3 is 2.80 bits per heavy atom. The van der Waals surface area contributed by atoms with Crippen molar-refractivity contribution in [1.82, 2.24) is 10.3 Å². The lowest BCUT2D eigenvalue weighted by atomic mass is 9.89. The van der Waals surface area contributed by atoms with Crippen LogP contribution in [0.3, 0.4) is 0 Å². The molecule has 1 heterocycles. The van der Waals surface area contributed by atoms with Gasteiger partial charge in [0.1, 0.15) is 0 Å². The molecular weight excluding hydrogens is 264 g/mol. The van der Waals surface area contributed by atoms with Crippen LogP contribution in [-0.4, -0.2) is 18.1 Å². The van der Waals surface area contributed by atoms with E-state index in [1.54, 1.807) is 4.88 Å². The van der Waals surface area contributed by atoms with Crippen LogP contribution in [0, 0.1) is 0 Å². The van der Waals surface area contributed by atoms with E-state index in [0.717, 1.165) is 19.0 Å². The lowest BCUT2D eigenvalue weighted by Gasteiger charge is -2.21. The molecule has 0 radical (unpaired) electrons. The molecule has 0 bridgehead atoms. The van der Waals surface area contributed by atoms with Crippen LogP contribution in [-0.2, 0) is 6.42 Å². The van der Waals surface area contributed by atoms with Crippen LogP contribution in [0.1, 0.15) is 85.7 Å². The highest BCUT2D eigenvalue weighted by Gasteiger charge is 2.27. The number of hydrogen-bond donors (Lipinski definition) is 1. The minimum atomic E-state index is 0.680. The number of hydrogen-bond acceptors (Lipinski definition) is 3. The van der Waals surface area contributed by atoms with Gasteiger partial charge in [0.05, 0.1) is 10.7 Å². The van der Waals surface area contributed by atoms with Crippen molar-refractivity contribution < 1.29 is 0 Å². The Morgan fingerprint density at radius 1 is 1.15 bits per heavy atom. The number of aromatic nitrogens is 1. The van der Waals surface area contributed by atoms with Crippen molar-refractivity contribution in [2.75, 3.05) is 13.1 Å². The normalized spacial score (nSPS) is 23.8. The minimum Gasteiger partial charge on any atom is -0.316 e. The van der Waals surface area contributed by atoms with Crippen LogP contribution in [0.15, 0.2) is 0 Å². The van der Waals surface area contributed by atoms with E-state index in [2.05, 4.69) is 12.2 Å². The van der Waals surface area contributed by atoms with E-state index >= 15 is 0 Å². The van der Waals surface area contributed by atoms with E-state index in [1.807, 2.05) is 11.3 Å². The molecule has 1 atom stereocenters. The third-order valence-electron chi connectivity index (χ3n) is 4.86. The lowest BCUT2D eigenvalue weighted by molar-refractivity contribution is 0.439. The molecule has 3 rings (SSSR count). The summed E-state index contributed by atoms with van der Waals surface area (Å²) in [6.45, 7) is 4.52. The van der Waals surface area contributed by atoms with Crippen molar-refractivity contribution in [1.29, 1.82) is 0 Å². The number of aryl methyl sites for hydroxylation is 1. The summed E-state index contributed by atoms with van der Waals surface area (Å²) >= 11 is 2.05. The maximum absolute atomic E-state index is 5.11. The summed E-state index contributed by atoms with van der Waals surface area (Å²) in [7, 11) is 0. The molecule has 1 aromatic heterocycles. The van der Waals surface area contributed by atoms with Gasteiger partial charge in [-0.1, -0.05) is 26.2 Å². The van der Waals surface area contributed by atoms with E-state index in [4.69, 9.17) is 4.98 Å². The summed E-state index contributed by atoms with van der Waals surface area (Å²) in [6, 6.07) is 0. The van der Waals surface area contributed by atoms with E-state index in [-0.39, 0.29) is 0 Å². The summed E-state index contributed by atoms with van der Waals surface area (Å²) < 4.78 is 0. The highest BCUT2D eigenvalue weighted by atomic mass is 32.1. The number of rotatable bonds is 5. The molecule has 1 fully saturated rings. The molecule has 0 aliphatic heterocycles. The zero-order valence-corrected chi connectivity index (χ0v) is 13.6. The zero-order valence-electron chi connectivity index (χ0n) is 12.8. The van der Waals surface area contributed by atoms with Gasteiger partial charge in [-0.25, -0.2) is 4.98 Å². The molecule has 1 unspecified atom stereocenters. The molecule has 0 aromatic carbocycles. The number of fused-ring (bicyclic) bond motifs is 1. The average Bonchev–Trinajstić information content (AvgIpc) is 2.93. The van der Waals surface area contributed by atoms with Gasteiger partial charge >= 0.3 is 0 Å². The van der Waals surface area contributed by atoms with Crippen molar-refractivity contribution >= 4 is 11.3 Å². The van der Waals surface area contributed by atoms with Gasteiger partial charge in [-0.3, -0.25) is 0 Å². The van der Waals surface area contributed by atoms with Crippen LogP contribution >= 0.6 is 11.3 Å². The quantitative estimate of drug-likeness (QED) is 0.802. The molecule has 112 valence electrons. The molecule has 1 N–H and O–H groups in total. The molecule has 2 aliphatic rings. The first-order valence-corrected chi connectivity index (χ1v) is 9.40. The van der Waals surface area contributed by atoms with Gasteiger partial charge in [0.2, 0.25) is 0 Å². The van der Waals surface area contributed by atoms with Crippen LogP contribution in [0.5, 0.6) is 0 Å². The Balaban J connectivity index is 1.70. The monoisotopic (exact) mass is 292 g/mol. The first kappa shape index (κ1) is 14.5. The number of thiazole rings is 1. The second kappa shape index (κ2) is 7.04. The van der Waals surface area contributed by atoms with E-state index < -0.39 is 0 Å². The van der Waals surface area contributed by atoms with Gasteiger partial charge in [0.25, 0.3) is 0 Å². The second-order valence-electron chi connectivity index (χ2n) is 6.49. The van der Waals surface area contributed by atoms with Crippen LogP contribution in [0.4, 0.5) is 0 Å². The third kappa shape index (κ3) is 3.25. The molecule has 0 spiro atoms. The molecule has 1 saturated carbocycles. The minimum absolute atomic E-state index is 0.680. The predicted molar refractivity (Wildman–Crippen MR) is 86.8 cm³/mol. The van der Waals surface area contributed by atoms with E-state index in [0.29, 0.717) is 5.92 Å². The van der Waals surface area contributed by atoms with Crippen LogP contribution < -0.4 is 5.32 Å². The zero-order chi connectivity index (χ0) is 13.8. The average molecular weight is 292 g/mol. The Labute approximate surface area is 127 Å². The highest BCUT2D eigenvalue weighted by Crippen LogP contribution is 2.40. The van der Waals surface area contributed by atoms with Crippen molar-refractivity contribution in [2.24, 2.45) is 0 Å². The topological polar surface area (TPSA) is 24.9 Å². The molecule has 0 saturated heterocycles.